The number of aliphatic carboxylic acids is 1. The van der Waals surface area contributed by atoms with E-state index in [1.165, 1.54) is 4.90 Å². The Hall–Kier alpha value is -2.93. The van der Waals surface area contributed by atoms with Crippen molar-refractivity contribution in [3.63, 3.8) is 0 Å². The van der Waals surface area contributed by atoms with Crippen LogP contribution in [0.2, 0.25) is 5.02 Å². The smallest absolute Gasteiger partial charge is 0.322 e. The number of carbonyl (C=O) groups is 2. The quantitative estimate of drug-likeness (QED) is 0.659. The number of nitrogens with zero attached hydrogens (tertiary/aromatic N) is 1. The molecule has 0 saturated heterocycles. The van der Waals surface area contributed by atoms with Gasteiger partial charge in [0, 0.05) is 6.54 Å². The van der Waals surface area contributed by atoms with Crippen LogP contribution >= 0.6 is 11.6 Å². The molecule has 0 saturated carbocycles. The first-order chi connectivity index (χ1) is 14.4. The van der Waals surface area contributed by atoms with Crippen LogP contribution in [-0.4, -0.2) is 41.8 Å². The monoisotopic (exact) mass is 432 g/mol. The summed E-state index contributed by atoms with van der Waals surface area (Å²) in [6, 6.07) is 9.58. The van der Waals surface area contributed by atoms with Crippen molar-refractivity contribution >= 4 is 29.3 Å². The van der Waals surface area contributed by atoms with Gasteiger partial charge >= 0.3 is 12.0 Å². The number of benzene rings is 2. The van der Waals surface area contributed by atoms with Crippen LogP contribution in [0.15, 0.2) is 36.4 Å². The van der Waals surface area contributed by atoms with Crippen LogP contribution in [0.1, 0.15) is 37.4 Å². The maximum Gasteiger partial charge on any atom is 0.322 e. The fourth-order valence-corrected chi connectivity index (χ4v) is 3.81. The van der Waals surface area contributed by atoms with Crippen molar-refractivity contribution in [1.82, 2.24) is 4.90 Å². The molecule has 0 bridgehead atoms. The molecule has 2 aromatic carbocycles. The zero-order valence-corrected chi connectivity index (χ0v) is 17.7. The minimum atomic E-state index is -0.991. The average molecular weight is 433 g/mol. The van der Waals surface area contributed by atoms with Gasteiger partial charge in [-0.1, -0.05) is 23.7 Å². The van der Waals surface area contributed by atoms with E-state index in [2.05, 4.69) is 5.32 Å². The SMILES string of the molecule is CCOc1cc2c(cc1OCC)C(CC(=O)O)N(C(=O)Nc1ccccc1Cl)CC2. The second-order valence-corrected chi connectivity index (χ2v) is 7.24. The Balaban J connectivity index is 1.96. The summed E-state index contributed by atoms with van der Waals surface area (Å²) in [5.41, 5.74) is 2.19. The number of nitrogens with one attached hydrogen (secondary N) is 1. The van der Waals surface area contributed by atoms with Crippen LogP contribution in [-0.2, 0) is 11.2 Å². The fourth-order valence-electron chi connectivity index (χ4n) is 3.62. The molecule has 7 nitrogen and oxygen atoms in total. The Morgan fingerprint density at radius 3 is 2.47 bits per heavy atom. The van der Waals surface area contributed by atoms with Gasteiger partial charge in [0.05, 0.1) is 36.4 Å². The molecule has 2 amide bonds. The summed E-state index contributed by atoms with van der Waals surface area (Å²) >= 11 is 6.15. The zero-order chi connectivity index (χ0) is 21.7. The van der Waals surface area contributed by atoms with E-state index in [1.54, 1.807) is 30.3 Å². The van der Waals surface area contributed by atoms with Gasteiger partial charge in [0.2, 0.25) is 0 Å². The van der Waals surface area contributed by atoms with Crippen molar-refractivity contribution in [2.75, 3.05) is 25.1 Å². The van der Waals surface area contributed by atoms with Crippen LogP contribution < -0.4 is 14.8 Å². The largest absolute Gasteiger partial charge is 0.490 e. The number of carboxylic acid groups (broad SMARTS) is 1. The van der Waals surface area contributed by atoms with E-state index in [1.807, 2.05) is 19.9 Å². The van der Waals surface area contributed by atoms with Crippen LogP contribution in [0.5, 0.6) is 11.5 Å². The first kappa shape index (κ1) is 21.8. The van der Waals surface area contributed by atoms with Crippen molar-refractivity contribution in [3.8, 4) is 11.5 Å². The van der Waals surface area contributed by atoms with E-state index in [0.717, 1.165) is 11.1 Å². The lowest BCUT2D eigenvalue weighted by atomic mass is 9.90. The van der Waals surface area contributed by atoms with Crippen molar-refractivity contribution in [2.45, 2.75) is 32.7 Å². The van der Waals surface area contributed by atoms with Gasteiger partial charge in [-0.15, -0.1) is 0 Å². The molecule has 1 heterocycles. The number of amides is 2. The molecular formula is C22H25ClN2O5. The number of anilines is 1. The molecule has 160 valence electrons. The number of para-hydroxylation sites is 1. The third kappa shape index (κ3) is 4.79. The Kier molecular flexibility index (Phi) is 7.05. The standard InChI is InChI=1S/C22H25ClN2O5/c1-3-29-19-11-14-9-10-25(22(28)24-17-8-6-5-7-16(17)23)18(13-21(26)27)15(14)12-20(19)30-4-2/h5-8,11-12,18H,3-4,9-10,13H2,1-2H3,(H,24,28)(H,26,27). The molecule has 0 aromatic heterocycles. The predicted molar refractivity (Wildman–Crippen MR) is 115 cm³/mol. The van der Waals surface area contributed by atoms with Crippen LogP contribution in [0, 0.1) is 0 Å². The summed E-state index contributed by atoms with van der Waals surface area (Å²) in [5.74, 6) is 0.179. The zero-order valence-electron chi connectivity index (χ0n) is 17.0. The minimum Gasteiger partial charge on any atom is -0.490 e. The van der Waals surface area contributed by atoms with Gasteiger partial charge in [-0.3, -0.25) is 4.79 Å². The number of hydrogen-bond donors (Lipinski definition) is 2. The number of carboxylic acids is 1. The van der Waals surface area contributed by atoms with Crippen LogP contribution in [0.4, 0.5) is 10.5 Å². The molecule has 30 heavy (non-hydrogen) atoms. The molecule has 1 unspecified atom stereocenters. The Bertz CT molecular complexity index is 934. The van der Waals surface area contributed by atoms with Gasteiger partial charge in [-0.25, -0.2) is 4.79 Å². The molecule has 2 aromatic rings. The van der Waals surface area contributed by atoms with Crippen molar-refractivity contribution in [2.24, 2.45) is 0 Å². The summed E-state index contributed by atoms with van der Waals surface area (Å²) in [4.78, 5) is 26.1. The maximum absolute atomic E-state index is 13.0. The Labute approximate surface area is 180 Å². The summed E-state index contributed by atoms with van der Waals surface area (Å²) in [6.45, 7) is 5.07. The van der Waals surface area contributed by atoms with Crippen LogP contribution in [0.25, 0.3) is 0 Å². The first-order valence-corrected chi connectivity index (χ1v) is 10.3. The van der Waals surface area contributed by atoms with E-state index < -0.39 is 18.0 Å². The number of hydrogen-bond acceptors (Lipinski definition) is 4. The van der Waals surface area contributed by atoms with Gasteiger partial charge in [0.25, 0.3) is 0 Å². The highest BCUT2D eigenvalue weighted by Gasteiger charge is 2.34. The molecule has 2 N–H and O–H groups in total. The highest BCUT2D eigenvalue weighted by atomic mass is 35.5. The Morgan fingerprint density at radius 2 is 1.83 bits per heavy atom. The molecule has 0 fully saturated rings. The van der Waals surface area contributed by atoms with Gasteiger partial charge in [-0.05, 0) is 55.7 Å². The van der Waals surface area contributed by atoms with E-state index in [0.29, 0.717) is 48.4 Å². The number of halogens is 1. The number of rotatable bonds is 7. The van der Waals surface area contributed by atoms with Crippen molar-refractivity contribution in [1.29, 1.82) is 0 Å². The van der Waals surface area contributed by atoms with Crippen molar-refractivity contribution < 1.29 is 24.2 Å². The molecule has 1 aliphatic heterocycles. The second kappa shape index (κ2) is 9.71. The molecule has 1 atom stereocenters. The van der Waals surface area contributed by atoms with Gasteiger partial charge in [0.15, 0.2) is 11.5 Å². The average Bonchev–Trinajstić information content (AvgIpc) is 2.70. The van der Waals surface area contributed by atoms with E-state index in [9.17, 15) is 14.7 Å². The second-order valence-electron chi connectivity index (χ2n) is 6.83. The number of ether oxygens (including phenoxy) is 2. The Morgan fingerprint density at radius 1 is 1.17 bits per heavy atom. The third-order valence-corrected chi connectivity index (χ3v) is 5.24. The normalized spacial score (nSPS) is 15.3. The molecule has 0 radical (unpaired) electrons. The van der Waals surface area contributed by atoms with Crippen LogP contribution in [0.3, 0.4) is 0 Å². The summed E-state index contributed by atoms with van der Waals surface area (Å²) in [7, 11) is 0. The number of urea groups is 1. The summed E-state index contributed by atoms with van der Waals surface area (Å²) in [5, 5.41) is 12.7. The predicted octanol–water partition coefficient (Wildman–Crippen LogP) is 4.74. The van der Waals surface area contributed by atoms with Gasteiger partial charge in [-0.2, -0.15) is 0 Å². The molecular weight excluding hydrogens is 408 g/mol. The lowest BCUT2D eigenvalue weighted by Gasteiger charge is -2.37. The van der Waals surface area contributed by atoms with E-state index in [4.69, 9.17) is 21.1 Å². The van der Waals surface area contributed by atoms with Gasteiger partial charge in [0.1, 0.15) is 0 Å². The lowest BCUT2D eigenvalue weighted by molar-refractivity contribution is -0.138. The highest BCUT2D eigenvalue weighted by Crippen LogP contribution is 2.40. The number of fused-ring (bicyclic) bond motifs is 1. The molecule has 1 aliphatic rings. The van der Waals surface area contributed by atoms with E-state index >= 15 is 0 Å². The highest BCUT2D eigenvalue weighted by molar-refractivity contribution is 6.33. The lowest BCUT2D eigenvalue weighted by Crippen LogP contribution is -2.43. The maximum atomic E-state index is 13.0. The summed E-state index contributed by atoms with van der Waals surface area (Å²) < 4.78 is 11.4. The van der Waals surface area contributed by atoms with E-state index in [-0.39, 0.29) is 6.42 Å². The topological polar surface area (TPSA) is 88.1 Å². The van der Waals surface area contributed by atoms with Gasteiger partial charge < -0.3 is 24.8 Å². The molecule has 0 aliphatic carbocycles. The number of carbonyl (C=O) groups excluding carboxylic acids is 1. The fraction of sp³-hybridized carbons (Fsp3) is 0.364. The first-order valence-electron chi connectivity index (χ1n) is 9.90. The van der Waals surface area contributed by atoms with Crippen molar-refractivity contribution in [3.05, 3.63) is 52.5 Å². The molecule has 3 rings (SSSR count). The third-order valence-electron chi connectivity index (χ3n) is 4.91. The molecule has 8 heteroatoms. The minimum absolute atomic E-state index is 0.220. The summed E-state index contributed by atoms with van der Waals surface area (Å²) in [6.07, 6.45) is 0.358. The molecule has 0 spiro atoms.